The second-order valence-electron chi connectivity index (χ2n) is 14.2. The fraction of sp³-hybridized carbons (Fsp3) is 0.459. The number of likely N-dealkylation sites (tertiary alicyclic amines) is 1. The Kier molecular flexibility index (Phi) is 9.00. The molecule has 0 spiro atoms. The monoisotopic (exact) mass is 759 g/mol. The Morgan fingerprint density at radius 1 is 0.980 bits per heavy atom. The zero-order valence-corrected chi connectivity index (χ0v) is 30.0. The molecular weight excluding hydrogens is 722 g/mol. The van der Waals surface area contributed by atoms with Gasteiger partial charge in [0.05, 0.1) is 22.7 Å². The number of hydrazine groups is 1. The van der Waals surface area contributed by atoms with Crippen LogP contribution >= 0.6 is 27.5 Å². The zero-order valence-electron chi connectivity index (χ0n) is 27.6. The van der Waals surface area contributed by atoms with Gasteiger partial charge in [-0.1, -0.05) is 33.6 Å². The van der Waals surface area contributed by atoms with E-state index in [1.165, 1.54) is 5.82 Å². The maximum atomic E-state index is 13.3. The maximum Gasteiger partial charge on any atom is 0.255 e. The van der Waals surface area contributed by atoms with Crippen LogP contribution in [0.3, 0.4) is 0 Å². The van der Waals surface area contributed by atoms with E-state index in [9.17, 15) is 19.6 Å². The van der Waals surface area contributed by atoms with Gasteiger partial charge in [0.25, 0.3) is 5.91 Å². The Hall–Kier alpha value is -4.05. The molecule has 2 N–H and O–H groups in total. The number of carbonyl (C=O) groups is 3. The summed E-state index contributed by atoms with van der Waals surface area (Å²) in [4.78, 5) is 44.3. The van der Waals surface area contributed by atoms with Gasteiger partial charge in [-0.05, 0) is 86.4 Å². The number of piperidine rings is 1. The van der Waals surface area contributed by atoms with E-state index in [1.807, 2.05) is 18.3 Å². The first-order valence-electron chi connectivity index (χ1n) is 17.5. The second-order valence-corrected chi connectivity index (χ2v) is 15.4. The molecular formula is C37H39BrClN7O4. The van der Waals surface area contributed by atoms with Crippen LogP contribution in [0.15, 0.2) is 59.0 Å². The molecule has 3 atom stereocenters. The van der Waals surface area contributed by atoms with Gasteiger partial charge in [-0.3, -0.25) is 29.6 Å². The Morgan fingerprint density at radius 2 is 1.74 bits per heavy atom. The van der Waals surface area contributed by atoms with Gasteiger partial charge in [-0.25, -0.2) is 0 Å². The highest BCUT2D eigenvalue weighted by Crippen LogP contribution is 2.39. The number of imide groups is 1. The largest absolute Gasteiger partial charge is 0.490 e. The number of amides is 3. The molecule has 5 aliphatic heterocycles. The minimum absolute atomic E-state index is 0.111. The molecule has 4 fully saturated rings. The first-order valence-corrected chi connectivity index (χ1v) is 18.7. The number of benzene rings is 2. The molecule has 2 aromatic carbocycles. The number of halogens is 2. The SMILES string of the molecule is N#Cc1ccc(OC2CCC(N3NC=CC=C3N3C4CCC3CN(Cc3cc5c(cc3Br)C(=O)N(C3CCC(=O)NC3=O)C5)C4)CC2)cc1Cl. The van der Waals surface area contributed by atoms with E-state index in [0.717, 1.165) is 73.8 Å². The third kappa shape index (κ3) is 6.24. The number of nitrogens with zero attached hydrogens (tertiary/aromatic N) is 5. The minimum Gasteiger partial charge on any atom is -0.490 e. The average Bonchev–Trinajstić information content (AvgIpc) is 3.56. The molecule has 50 heavy (non-hydrogen) atoms. The Bertz CT molecular complexity index is 1820. The number of allylic oxidation sites excluding steroid dienone is 2. The lowest BCUT2D eigenvalue weighted by atomic mass is 9.92. The summed E-state index contributed by atoms with van der Waals surface area (Å²) in [6, 6.07) is 11.9. The molecule has 1 saturated carbocycles. The zero-order chi connectivity index (χ0) is 34.5. The molecule has 0 radical (unpaired) electrons. The van der Waals surface area contributed by atoms with Crippen molar-refractivity contribution in [3.63, 3.8) is 0 Å². The first-order chi connectivity index (χ1) is 24.2. The van der Waals surface area contributed by atoms with E-state index in [0.29, 0.717) is 53.0 Å². The summed E-state index contributed by atoms with van der Waals surface area (Å²) in [6.07, 6.45) is 13.2. The maximum absolute atomic E-state index is 13.3. The molecule has 5 heterocycles. The summed E-state index contributed by atoms with van der Waals surface area (Å²) < 4.78 is 7.18. The van der Waals surface area contributed by atoms with Crippen LogP contribution in [0.2, 0.25) is 5.02 Å². The van der Waals surface area contributed by atoms with Crippen molar-refractivity contribution in [1.82, 2.24) is 30.5 Å². The van der Waals surface area contributed by atoms with Gasteiger partial charge in [0, 0.05) is 67.0 Å². The molecule has 11 nitrogen and oxygen atoms in total. The van der Waals surface area contributed by atoms with E-state index < -0.39 is 6.04 Å². The highest BCUT2D eigenvalue weighted by Gasteiger charge is 2.44. The Morgan fingerprint density at radius 3 is 2.46 bits per heavy atom. The van der Waals surface area contributed by atoms with Crippen molar-refractivity contribution in [3.05, 3.63) is 86.3 Å². The molecule has 3 amide bonds. The predicted molar refractivity (Wildman–Crippen MR) is 189 cm³/mol. The van der Waals surface area contributed by atoms with E-state index in [4.69, 9.17) is 16.3 Å². The van der Waals surface area contributed by atoms with Gasteiger partial charge in [0.1, 0.15) is 23.7 Å². The molecule has 6 aliphatic rings. The van der Waals surface area contributed by atoms with Crippen LogP contribution in [0.25, 0.3) is 0 Å². The van der Waals surface area contributed by atoms with Crippen molar-refractivity contribution in [2.45, 2.75) is 94.7 Å². The van der Waals surface area contributed by atoms with Crippen LogP contribution in [0.5, 0.6) is 5.75 Å². The number of nitrogens with one attached hydrogen (secondary N) is 2. The third-order valence-electron chi connectivity index (χ3n) is 11.1. The van der Waals surface area contributed by atoms with Gasteiger partial charge >= 0.3 is 0 Å². The van der Waals surface area contributed by atoms with Crippen molar-refractivity contribution in [1.29, 1.82) is 5.26 Å². The third-order valence-corrected chi connectivity index (χ3v) is 12.1. The Balaban J connectivity index is 0.898. The smallest absolute Gasteiger partial charge is 0.255 e. The van der Waals surface area contributed by atoms with Crippen molar-refractivity contribution < 1.29 is 19.1 Å². The van der Waals surface area contributed by atoms with E-state index >= 15 is 0 Å². The lowest BCUT2D eigenvalue weighted by molar-refractivity contribution is -0.136. The highest BCUT2D eigenvalue weighted by molar-refractivity contribution is 9.10. The molecule has 3 unspecified atom stereocenters. The van der Waals surface area contributed by atoms with Gasteiger partial charge in [-0.15, -0.1) is 0 Å². The second kappa shape index (κ2) is 13.6. The van der Waals surface area contributed by atoms with E-state index in [2.05, 4.69) is 65.8 Å². The van der Waals surface area contributed by atoms with Crippen LogP contribution in [0, 0.1) is 11.3 Å². The number of hydrogen-bond acceptors (Lipinski definition) is 9. The standard InChI is InChI=1S/C37H39BrClN7O4/c38-31-16-30-23(19-44(37(30)49)33-11-12-34(47)42-36(33)48)14-24(31)18-43-20-26-4-5-27(21-43)45(26)35-2-1-13-41-46(35)25-6-9-28(10-7-25)50-29-8-3-22(17-40)32(39)15-29/h1-3,8,13-16,25-28,33,41H,4-7,9-12,18-21H2,(H,42,47,48). The van der Waals surface area contributed by atoms with Crippen LogP contribution < -0.4 is 15.5 Å². The Labute approximate surface area is 304 Å². The number of fused-ring (bicyclic) bond motifs is 3. The number of hydrogen-bond donors (Lipinski definition) is 2. The van der Waals surface area contributed by atoms with Gasteiger partial charge < -0.3 is 20.0 Å². The van der Waals surface area contributed by atoms with Crippen LogP contribution in [-0.4, -0.2) is 80.8 Å². The average molecular weight is 761 g/mol. The van der Waals surface area contributed by atoms with Crippen molar-refractivity contribution in [3.8, 4) is 11.8 Å². The van der Waals surface area contributed by atoms with E-state index in [-0.39, 0.29) is 30.2 Å². The van der Waals surface area contributed by atoms with Gasteiger partial charge in [0.2, 0.25) is 11.8 Å². The molecule has 260 valence electrons. The lowest BCUT2D eigenvalue weighted by Crippen LogP contribution is -2.58. The number of ether oxygens (including phenoxy) is 1. The van der Waals surface area contributed by atoms with Gasteiger partial charge in [0.15, 0.2) is 0 Å². The highest BCUT2D eigenvalue weighted by atomic mass is 79.9. The van der Waals surface area contributed by atoms with Crippen LogP contribution in [0.4, 0.5) is 0 Å². The minimum atomic E-state index is -0.617. The topological polar surface area (TPSA) is 121 Å². The molecule has 1 aliphatic carbocycles. The number of carbonyl (C=O) groups excluding carboxylic acids is 3. The fourth-order valence-corrected chi connectivity index (χ4v) is 9.36. The predicted octanol–water partition coefficient (Wildman–Crippen LogP) is 4.95. The molecule has 13 heteroatoms. The molecule has 2 aromatic rings. The van der Waals surface area contributed by atoms with Gasteiger partial charge in [-0.2, -0.15) is 5.26 Å². The number of nitriles is 1. The first kappa shape index (κ1) is 33.1. The summed E-state index contributed by atoms with van der Waals surface area (Å²) in [5.74, 6) is 1.13. The van der Waals surface area contributed by atoms with E-state index in [1.54, 1.807) is 17.0 Å². The fourth-order valence-electron chi connectivity index (χ4n) is 8.68. The van der Waals surface area contributed by atoms with Crippen molar-refractivity contribution >= 4 is 45.3 Å². The number of piperazine rings is 1. The molecule has 8 rings (SSSR count). The van der Waals surface area contributed by atoms with Crippen molar-refractivity contribution in [2.24, 2.45) is 0 Å². The summed E-state index contributed by atoms with van der Waals surface area (Å²) in [7, 11) is 0. The van der Waals surface area contributed by atoms with Crippen molar-refractivity contribution in [2.75, 3.05) is 13.1 Å². The quantitative estimate of drug-likeness (QED) is 0.378. The van der Waals surface area contributed by atoms with Crippen LogP contribution in [0.1, 0.15) is 78.4 Å². The normalized spacial score (nSPS) is 27.9. The molecule has 3 saturated heterocycles. The lowest BCUT2D eigenvalue weighted by Gasteiger charge is -2.49. The summed E-state index contributed by atoms with van der Waals surface area (Å²) in [6.45, 7) is 3.05. The molecule has 0 aromatic heterocycles. The summed E-state index contributed by atoms with van der Waals surface area (Å²) >= 11 is 9.99. The molecule has 2 bridgehead atoms. The summed E-state index contributed by atoms with van der Waals surface area (Å²) in [5.41, 5.74) is 6.72. The summed E-state index contributed by atoms with van der Waals surface area (Å²) in [5, 5.41) is 14.4. The number of rotatable bonds is 7. The van der Waals surface area contributed by atoms with Crippen LogP contribution in [-0.2, 0) is 22.7 Å².